The topological polar surface area (TPSA) is 43.8 Å². The fraction of sp³-hybridized carbons (Fsp3) is 0.562. The highest BCUT2D eigenvalue weighted by Crippen LogP contribution is 2.39. The molecule has 0 aliphatic carbocycles. The number of alkyl halides is 3. The summed E-state index contributed by atoms with van der Waals surface area (Å²) in [6.07, 6.45) is -4.90. The number of aliphatic hydroxyl groups is 1. The van der Waals surface area contributed by atoms with Gasteiger partial charge in [-0.05, 0) is 37.1 Å². The summed E-state index contributed by atoms with van der Waals surface area (Å²) in [5.74, 6) is -0.342. The maximum absolute atomic E-state index is 13.4. The zero-order valence-electron chi connectivity index (χ0n) is 13.0. The van der Waals surface area contributed by atoms with Gasteiger partial charge in [0.05, 0.1) is 11.7 Å². The zero-order chi connectivity index (χ0) is 16.9. The summed E-state index contributed by atoms with van der Waals surface area (Å²) in [7, 11) is 0. The molecule has 1 aromatic rings. The molecule has 1 amide bonds. The van der Waals surface area contributed by atoms with Gasteiger partial charge in [0.15, 0.2) is 0 Å². The summed E-state index contributed by atoms with van der Waals surface area (Å²) >= 11 is 0. The van der Waals surface area contributed by atoms with Crippen LogP contribution in [0.25, 0.3) is 0 Å². The molecular weight excluding hydrogens is 309 g/mol. The molecular formula is C16H19F3N2O2. The number of nitrogens with zero attached hydrogens (tertiary/aromatic N) is 2. The minimum Gasteiger partial charge on any atom is -0.390 e. The molecule has 3 rings (SSSR count). The Hall–Kier alpha value is -1.60. The second-order valence-electron chi connectivity index (χ2n) is 6.54. The lowest BCUT2D eigenvalue weighted by molar-refractivity contribution is -0.138. The van der Waals surface area contributed by atoms with Crippen LogP contribution in [-0.4, -0.2) is 46.0 Å². The van der Waals surface area contributed by atoms with Crippen LogP contribution in [0.15, 0.2) is 12.1 Å². The number of carbonyl (C=O) groups excluding carboxylic acids is 1. The van der Waals surface area contributed by atoms with Gasteiger partial charge < -0.3 is 10.0 Å². The molecule has 0 saturated carbocycles. The molecule has 0 atom stereocenters. The number of β-amino-alcohol motifs (C(OH)–C–C–N with tert-alkyl or cyclic N) is 1. The first-order chi connectivity index (χ1) is 10.7. The van der Waals surface area contributed by atoms with Crippen LogP contribution in [0.5, 0.6) is 0 Å². The summed E-state index contributed by atoms with van der Waals surface area (Å²) < 4.78 is 40.2. The van der Waals surface area contributed by atoms with Crippen LogP contribution in [0.4, 0.5) is 13.2 Å². The van der Waals surface area contributed by atoms with Crippen molar-refractivity contribution in [3.8, 4) is 0 Å². The van der Waals surface area contributed by atoms with Crippen LogP contribution in [0, 0.1) is 0 Å². The molecule has 1 fully saturated rings. The minimum atomic E-state index is -4.48. The Morgan fingerprint density at radius 2 is 1.96 bits per heavy atom. The predicted molar refractivity (Wildman–Crippen MR) is 77.7 cm³/mol. The van der Waals surface area contributed by atoms with Gasteiger partial charge in [-0.1, -0.05) is 0 Å². The van der Waals surface area contributed by atoms with E-state index in [-0.39, 0.29) is 29.6 Å². The summed E-state index contributed by atoms with van der Waals surface area (Å²) in [6.45, 7) is 4.79. The van der Waals surface area contributed by atoms with Crippen molar-refractivity contribution in [3.05, 3.63) is 34.4 Å². The fourth-order valence-corrected chi connectivity index (χ4v) is 3.18. The van der Waals surface area contributed by atoms with E-state index in [1.54, 1.807) is 19.9 Å². The number of aliphatic hydroxyl groups excluding tert-OH is 1. The van der Waals surface area contributed by atoms with Crippen LogP contribution in [0.2, 0.25) is 0 Å². The molecule has 0 spiro atoms. The number of fused-ring (bicyclic) bond motifs is 1. The molecule has 23 heavy (non-hydrogen) atoms. The van der Waals surface area contributed by atoms with E-state index in [1.165, 1.54) is 4.90 Å². The Labute approximate surface area is 132 Å². The quantitative estimate of drug-likeness (QED) is 0.925. The molecule has 2 aliphatic heterocycles. The van der Waals surface area contributed by atoms with E-state index < -0.39 is 17.8 Å². The standard InChI is InChI=1S/C16H19F3N2O2/c1-9(2)21-8-13-12(15(21)23)3-10(4-14(13)16(17,18)19)5-20-6-11(22)7-20/h3-4,9,11,22H,5-8H2,1-2H3. The van der Waals surface area contributed by atoms with Gasteiger partial charge in [-0.25, -0.2) is 0 Å². The van der Waals surface area contributed by atoms with E-state index >= 15 is 0 Å². The van der Waals surface area contributed by atoms with Crippen molar-refractivity contribution in [1.29, 1.82) is 0 Å². The highest BCUT2D eigenvalue weighted by molar-refractivity contribution is 5.99. The van der Waals surface area contributed by atoms with Gasteiger partial charge in [0, 0.05) is 37.8 Å². The van der Waals surface area contributed by atoms with Gasteiger partial charge in [0.25, 0.3) is 5.91 Å². The molecule has 0 aromatic heterocycles. The largest absolute Gasteiger partial charge is 0.416 e. The first-order valence-corrected chi connectivity index (χ1v) is 7.61. The number of likely N-dealkylation sites (tertiary alicyclic amines) is 1. The molecule has 0 unspecified atom stereocenters. The van der Waals surface area contributed by atoms with Crippen molar-refractivity contribution >= 4 is 5.91 Å². The molecule has 2 heterocycles. The summed E-state index contributed by atoms with van der Waals surface area (Å²) in [5, 5.41) is 9.29. The maximum Gasteiger partial charge on any atom is 0.416 e. The van der Waals surface area contributed by atoms with Crippen LogP contribution < -0.4 is 0 Å². The van der Waals surface area contributed by atoms with Crippen LogP contribution in [0.3, 0.4) is 0 Å². The van der Waals surface area contributed by atoms with E-state index in [0.717, 1.165) is 6.07 Å². The van der Waals surface area contributed by atoms with Crippen LogP contribution in [0.1, 0.15) is 40.9 Å². The monoisotopic (exact) mass is 328 g/mol. The molecule has 7 heteroatoms. The lowest BCUT2D eigenvalue weighted by Crippen LogP contribution is -2.49. The Balaban J connectivity index is 1.98. The lowest BCUT2D eigenvalue weighted by Gasteiger charge is -2.36. The second kappa shape index (κ2) is 5.49. The van der Waals surface area contributed by atoms with Gasteiger partial charge in [-0.15, -0.1) is 0 Å². The van der Waals surface area contributed by atoms with Crippen molar-refractivity contribution in [2.75, 3.05) is 13.1 Å². The summed E-state index contributed by atoms with van der Waals surface area (Å²) in [6, 6.07) is 2.56. The minimum absolute atomic E-state index is 0.00336. The van der Waals surface area contributed by atoms with Gasteiger partial charge >= 0.3 is 6.18 Å². The molecule has 1 aromatic carbocycles. The Bertz CT molecular complexity index is 637. The number of amides is 1. The average molecular weight is 328 g/mol. The van der Waals surface area contributed by atoms with E-state index in [1.807, 2.05) is 4.90 Å². The number of benzene rings is 1. The third-order valence-corrected chi connectivity index (χ3v) is 4.40. The maximum atomic E-state index is 13.4. The molecule has 1 saturated heterocycles. The second-order valence-corrected chi connectivity index (χ2v) is 6.54. The van der Waals surface area contributed by atoms with Gasteiger partial charge in [-0.2, -0.15) is 13.2 Å². The number of carbonyl (C=O) groups is 1. The van der Waals surface area contributed by atoms with Crippen LogP contribution >= 0.6 is 0 Å². The first-order valence-electron chi connectivity index (χ1n) is 7.61. The fourth-order valence-electron chi connectivity index (χ4n) is 3.18. The van der Waals surface area contributed by atoms with Gasteiger partial charge in [0.2, 0.25) is 0 Å². The van der Waals surface area contributed by atoms with E-state index in [0.29, 0.717) is 25.2 Å². The highest BCUT2D eigenvalue weighted by atomic mass is 19.4. The third kappa shape index (κ3) is 2.95. The SMILES string of the molecule is CC(C)N1Cc2c(cc(CN3CC(O)C3)cc2C(F)(F)F)C1=O. The van der Waals surface area contributed by atoms with E-state index in [4.69, 9.17) is 0 Å². The van der Waals surface area contributed by atoms with Crippen molar-refractivity contribution in [3.63, 3.8) is 0 Å². The van der Waals surface area contributed by atoms with Crippen LogP contribution in [-0.2, 0) is 19.3 Å². The Kier molecular flexibility index (Phi) is 3.88. The summed E-state index contributed by atoms with van der Waals surface area (Å²) in [5.41, 5.74) is -0.0299. The number of hydrogen-bond donors (Lipinski definition) is 1. The van der Waals surface area contributed by atoms with E-state index in [9.17, 15) is 23.1 Å². The molecule has 4 nitrogen and oxygen atoms in total. The number of rotatable bonds is 3. The molecule has 0 radical (unpaired) electrons. The number of hydrogen-bond acceptors (Lipinski definition) is 3. The van der Waals surface area contributed by atoms with E-state index in [2.05, 4.69) is 0 Å². The highest BCUT2D eigenvalue weighted by Gasteiger charge is 2.40. The molecule has 0 bridgehead atoms. The zero-order valence-corrected chi connectivity index (χ0v) is 13.0. The van der Waals surface area contributed by atoms with Gasteiger partial charge in [0.1, 0.15) is 0 Å². The normalized spacial score (nSPS) is 19.4. The smallest absolute Gasteiger partial charge is 0.390 e. The van der Waals surface area contributed by atoms with Crippen molar-refractivity contribution in [2.45, 2.75) is 45.3 Å². The van der Waals surface area contributed by atoms with Crippen molar-refractivity contribution in [2.24, 2.45) is 0 Å². The Morgan fingerprint density at radius 3 is 2.48 bits per heavy atom. The predicted octanol–water partition coefficient (Wildman–Crippen LogP) is 2.25. The average Bonchev–Trinajstić information content (AvgIpc) is 2.73. The van der Waals surface area contributed by atoms with Crippen molar-refractivity contribution < 1.29 is 23.1 Å². The van der Waals surface area contributed by atoms with Crippen molar-refractivity contribution in [1.82, 2.24) is 9.80 Å². The molecule has 1 N–H and O–H groups in total. The molecule has 126 valence electrons. The third-order valence-electron chi connectivity index (χ3n) is 4.40. The van der Waals surface area contributed by atoms with Gasteiger partial charge in [-0.3, -0.25) is 9.69 Å². The Morgan fingerprint density at radius 1 is 1.30 bits per heavy atom. The summed E-state index contributed by atoms with van der Waals surface area (Å²) in [4.78, 5) is 15.7. The lowest BCUT2D eigenvalue weighted by atomic mass is 9.98. The first kappa shape index (κ1) is 16.3. The number of halogens is 3. The molecule has 2 aliphatic rings.